The largest absolute Gasteiger partial charge is 0.493 e. The lowest BCUT2D eigenvalue weighted by Gasteiger charge is -2.29. The number of allylic oxidation sites excluding steroid dienone is 1. The highest BCUT2D eigenvalue weighted by atomic mass is 35.5. The first-order chi connectivity index (χ1) is 17.9. The van der Waals surface area contributed by atoms with Crippen molar-refractivity contribution in [2.24, 2.45) is 0 Å². The van der Waals surface area contributed by atoms with Crippen LogP contribution in [0, 0.1) is 0 Å². The van der Waals surface area contributed by atoms with Crippen molar-refractivity contribution >= 4 is 40.7 Å². The summed E-state index contributed by atoms with van der Waals surface area (Å²) in [4.78, 5) is 22.4. The minimum absolute atomic E-state index is 0.324. The smallest absolute Gasteiger partial charge is 0.255 e. The highest BCUT2D eigenvalue weighted by molar-refractivity contribution is 6.42. The molecule has 2 aromatic carbocycles. The maximum Gasteiger partial charge on any atom is 0.255 e. The standard InChI is InChI=1S/C26H22Cl2N6O3/c1-14-21(25(35)31-16-6-5-11-29-13-16)23(17-7-4-8-18(27)22(17)28)34-26(30-14)32-24(33-34)15-9-10-19(36-2)20(12-15)37-3/h4-13,23H,1-3H3,(H,31,35)(H,30,32,33). The first kappa shape index (κ1) is 24.6. The van der Waals surface area contributed by atoms with Crippen molar-refractivity contribution < 1.29 is 14.3 Å². The van der Waals surface area contributed by atoms with Crippen LogP contribution in [0.25, 0.3) is 11.4 Å². The van der Waals surface area contributed by atoms with E-state index in [0.29, 0.717) is 61.4 Å². The van der Waals surface area contributed by atoms with Gasteiger partial charge in [-0.2, -0.15) is 4.98 Å². The zero-order chi connectivity index (χ0) is 26.1. The zero-order valence-corrected chi connectivity index (χ0v) is 21.6. The van der Waals surface area contributed by atoms with Gasteiger partial charge in [0.1, 0.15) is 6.04 Å². The third kappa shape index (κ3) is 4.59. The minimum atomic E-state index is -0.708. The lowest BCUT2D eigenvalue weighted by molar-refractivity contribution is -0.113. The van der Waals surface area contributed by atoms with Gasteiger partial charge in [0.2, 0.25) is 5.95 Å². The molecule has 0 spiro atoms. The van der Waals surface area contributed by atoms with E-state index in [2.05, 4.69) is 15.6 Å². The van der Waals surface area contributed by atoms with Crippen LogP contribution in [0.3, 0.4) is 0 Å². The fourth-order valence-corrected chi connectivity index (χ4v) is 4.61. The van der Waals surface area contributed by atoms with Gasteiger partial charge in [-0.05, 0) is 43.3 Å². The van der Waals surface area contributed by atoms with Crippen LogP contribution in [0.5, 0.6) is 11.5 Å². The number of benzene rings is 2. The van der Waals surface area contributed by atoms with Crippen molar-refractivity contribution in [1.82, 2.24) is 19.7 Å². The number of ether oxygens (including phenoxy) is 2. The third-order valence-electron chi connectivity index (χ3n) is 5.93. The zero-order valence-electron chi connectivity index (χ0n) is 20.1. The second-order valence-electron chi connectivity index (χ2n) is 8.18. The van der Waals surface area contributed by atoms with Crippen LogP contribution in [-0.4, -0.2) is 39.9 Å². The Hall–Kier alpha value is -4.08. The third-order valence-corrected chi connectivity index (χ3v) is 6.77. The van der Waals surface area contributed by atoms with Gasteiger partial charge in [0.05, 0.1) is 41.7 Å². The van der Waals surface area contributed by atoms with Crippen molar-refractivity contribution in [3.8, 4) is 22.9 Å². The molecule has 2 aromatic heterocycles. The van der Waals surface area contributed by atoms with Crippen LogP contribution in [-0.2, 0) is 4.79 Å². The molecule has 1 aliphatic rings. The monoisotopic (exact) mass is 536 g/mol. The first-order valence-corrected chi connectivity index (χ1v) is 12.0. The molecule has 9 nitrogen and oxygen atoms in total. The number of nitrogens with one attached hydrogen (secondary N) is 2. The number of anilines is 2. The van der Waals surface area contributed by atoms with Crippen LogP contribution in [0.2, 0.25) is 10.0 Å². The molecule has 5 rings (SSSR count). The summed E-state index contributed by atoms with van der Waals surface area (Å²) in [6.45, 7) is 1.80. The minimum Gasteiger partial charge on any atom is -0.493 e. The maximum absolute atomic E-state index is 13.6. The van der Waals surface area contributed by atoms with E-state index in [1.165, 1.54) is 0 Å². The van der Waals surface area contributed by atoms with E-state index in [-0.39, 0.29) is 5.91 Å². The molecule has 188 valence electrons. The highest BCUT2D eigenvalue weighted by Crippen LogP contribution is 2.41. The molecule has 0 fully saturated rings. The number of nitrogens with zero attached hydrogens (tertiary/aromatic N) is 4. The van der Waals surface area contributed by atoms with Gasteiger partial charge in [-0.15, -0.1) is 5.10 Å². The fourth-order valence-electron chi connectivity index (χ4n) is 4.20. The molecule has 0 saturated carbocycles. The van der Waals surface area contributed by atoms with Crippen LogP contribution in [0.1, 0.15) is 18.5 Å². The molecule has 3 heterocycles. The van der Waals surface area contributed by atoms with E-state index >= 15 is 0 Å². The molecule has 0 saturated heterocycles. The Morgan fingerprint density at radius 1 is 1.08 bits per heavy atom. The van der Waals surface area contributed by atoms with Gasteiger partial charge in [0.15, 0.2) is 17.3 Å². The van der Waals surface area contributed by atoms with Crippen molar-refractivity contribution in [2.45, 2.75) is 13.0 Å². The lowest BCUT2D eigenvalue weighted by Crippen LogP contribution is -2.31. The summed E-state index contributed by atoms with van der Waals surface area (Å²) in [6, 6.07) is 13.5. The van der Waals surface area contributed by atoms with Gasteiger partial charge in [0, 0.05) is 23.0 Å². The summed E-state index contributed by atoms with van der Waals surface area (Å²) in [5.41, 5.74) is 2.87. The average molecular weight is 537 g/mol. The summed E-state index contributed by atoms with van der Waals surface area (Å²) in [5, 5.41) is 11.6. The van der Waals surface area contributed by atoms with Gasteiger partial charge in [-0.1, -0.05) is 35.3 Å². The van der Waals surface area contributed by atoms with Crippen molar-refractivity contribution in [3.63, 3.8) is 0 Å². The number of carbonyl (C=O) groups excluding carboxylic acids is 1. The number of aromatic nitrogens is 4. The second-order valence-corrected chi connectivity index (χ2v) is 8.96. The molecule has 1 amide bonds. The van der Waals surface area contributed by atoms with E-state index < -0.39 is 6.04 Å². The van der Waals surface area contributed by atoms with Gasteiger partial charge < -0.3 is 20.1 Å². The van der Waals surface area contributed by atoms with Crippen molar-refractivity contribution in [1.29, 1.82) is 0 Å². The highest BCUT2D eigenvalue weighted by Gasteiger charge is 2.36. The van der Waals surface area contributed by atoms with Crippen LogP contribution in [0.4, 0.5) is 11.6 Å². The number of hydrogen-bond acceptors (Lipinski definition) is 7. The van der Waals surface area contributed by atoms with Gasteiger partial charge >= 0.3 is 0 Å². The Morgan fingerprint density at radius 3 is 2.62 bits per heavy atom. The molecule has 37 heavy (non-hydrogen) atoms. The SMILES string of the molecule is COc1ccc(-c2nc3n(n2)C(c2cccc(Cl)c2Cl)C(C(=O)Nc2cccnc2)=C(C)N3)cc1OC. The molecule has 2 N–H and O–H groups in total. The predicted molar refractivity (Wildman–Crippen MR) is 142 cm³/mol. The van der Waals surface area contributed by atoms with E-state index in [1.807, 2.05) is 12.1 Å². The molecule has 4 aromatic rings. The maximum atomic E-state index is 13.6. The summed E-state index contributed by atoms with van der Waals surface area (Å²) in [7, 11) is 3.13. The Balaban J connectivity index is 1.63. The number of carbonyl (C=O) groups is 1. The summed E-state index contributed by atoms with van der Waals surface area (Å²) >= 11 is 13.0. The van der Waals surface area contributed by atoms with Crippen molar-refractivity contribution in [3.05, 3.63) is 87.8 Å². The van der Waals surface area contributed by atoms with E-state index in [4.69, 9.17) is 42.8 Å². The lowest BCUT2D eigenvalue weighted by atomic mass is 9.95. The molecule has 1 unspecified atom stereocenters. The van der Waals surface area contributed by atoms with E-state index in [1.54, 1.807) is 74.6 Å². The Morgan fingerprint density at radius 2 is 1.89 bits per heavy atom. The van der Waals surface area contributed by atoms with E-state index in [0.717, 1.165) is 0 Å². The summed E-state index contributed by atoms with van der Waals surface area (Å²) < 4.78 is 12.4. The summed E-state index contributed by atoms with van der Waals surface area (Å²) in [6.07, 6.45) is 3.20. The van der Waals surface area contributed by atoms with Crippen molar-refractivity contribution in [2.75, 3.05) is 24.9 Å². The van der Waals surface area contributed by atoms with E-state index in [9.17, 15) is 4.79 Å². The van der Waals surface area contributed by atoms with Gasteiger partial charge in [0.25, 0.3) is 5.91 Å². The Kier molecular flexibility index (Phi) is 6.73. The number of fused-ring (bicyclic) bond motifs is 1. The number of hydrogen-bond donors (Lipinski definition) is 2. The molecular weight excluding hydrogens is 515 g/mol. The van der Waals surface area contributed by atoms with Gasteiger partial charge in [-0.3, -0.25) is 9.78 Å². The van der Waals surface area contributed by atoms with Gasteiger partial charge in [-0.25, -0.2) is 4.68 Å². The number of halogens is 2. The number of rotatable bonds is 6. The molecule has 0 bridgehead atoms. The fraction of sp³-hybridized carbons (Fsp3) is 0.154. The molecular formula is C26H22Cl2N6O3. The topological polar surface area (TPSA) is 103 Å². The van der Waals surface area contributed by atoms with Crippen LogP contribution in [0.15, 0.2) is 72.2 Å². The van der Waals surface area contributed by atoms with Crippen LogP contribution < -0.4 is 20.1 Å². The summed E-state index contributed by atoms with van der Waals surface area (Å²) in [5.74, 6) is 1.66. The molecule has 1 aliphatic heterocycles. The Labute approximate surface area is 223 Å². The molecule has 0 radical (unpaired) electrons. The average Bonchev–Trinajstić information content (AvgIpc) is 3.33. The quantitative estimate of drug-likeness (QED) is 0.331. The number of methoxy groups -OCH3 is 2. The number of pyridine rings is 1. The number of amides is 1. The second kappa shape index (κ2) is 10.1. The molecule has 1 atom stereocenters. The molecule has 0 aliphatic carbocycles. The normalized spacial score (nSPS) is 14.6. The predicted octanol–water partition coefficient (Wildman–Crippen LogP) is 5.59. The molecule has 11 heteroatoms. The van der Waals surface area contributed by atoms with Crippen LogP contribution >= 0.6 is 23.2 Å². The Bertz CT molecular complexity index is 1520. The first-order valence-electron chi connectivity index (χ1n) is 11.2.